The standard InChI is InChI=1S/C16H27N3O2/c1-3-12(4-2)15(20)11-18-10-14(16(17)19-21)13-8-6-5-7-9-13/h5-9,12,14-15,18,20-21H,3-4,10-11H2,1-2H3,(H2,17,19). The molecular formula is C16H27N3O2. The van der Waals surface area contributed by atoms with Crippen LogP contribution in [0, 0.1) is 5.92 Å². The number of aliphatic hydroxyl groups is 1. The zero-order valence-corrected chi connectivity index (χ0v) is 12.9. The molecule has 0 aliphatic carbocycles. The number of nitrogens with two attached hydrogens (primary N) is 1. The van der Waals surface area contributed by atoms with E-state index in [1.54, 1.807) is 0 Å². The molecule has 0 aliphatic heterocycles. The Morgan fingerprint density at radius 3 is 2.33 bits per heavy atom. The number of hydrogen-bond acceptors (Lipinski definition) is 4. The van der Waals surface area contributed by atoms with Gasteiger partial charge in [0.25, 0.3) is 0 Å². The van der Waals surface area contributed by atoms with Crippen molar-refractivity contribution in [3.8, 4) is 0 Å². The molecule has 0 saturated carbocycles. The van der Waals surface area contributed by atoms with Crippen LogP contribution in [0.1, 0.15) is 38.2 Å². The van der Waals surface area contributed by atoms with E-state index in [4.69, 9.17) is 10.9 Å². The first-order chi connectivity index (χ1) is 10.1. The number of hydrogen-bond donors (Lipinski definition) is 4. The molecule has 0 saturated heterocycles. The van der Waals surface area contributed by atoms with Crippen LogP contribution in [0.15, 0.2) is 35.5 Å². The van der Waals surface area contributed by atoms with Gasteiger partial charge in [-0.15, -0.1) is 0 Å². The van der Waals surface area contributed by atoms with Crippen LogP contribution in [-0.2, 0) is 0 Å². The van der Waals surface area contributed by atoms with Crippen molar-refractivity contribution >= 4 is 5.84 Å². The molecule has 0 bridgehead atoms. The molecule has 0 heterocycles. The lowest BCUT2D eigenvalue weighted by Crippen LogP contribution is -2.37. The highest BCUT2D eigenvalue weighted by molar-refractivity contribution is 5.87. The quantitative estimate of drug-likeness (QED) is 0.242. The molecule has 118 valence electrons. The van der Waals surface area contributed by atoms with E-state index in [-0.39, 0.29) is 17.9 Å². The average Bonchev–Trinajstić information content (AvgIpc) is 2.53. The normalized spacial score (nSPS) is 15.1. The number of benzene rings is 1. The first-order valence-electron chi connectivity index (χ1n) is 7.55. The second-order valence-corrected chi connectivity index (χ2v) is 5.29. The maximum absolute atomic E-state index is 10.1. The Kier molecular flexibility index (Phi) is 7.79. The third-order valence-electron chi connectivity index (χ3n) is 3.97. The summed E-state index contributed by atoms with van der Waals surface area (Å²) in [6.45, 7) is 5.20. The molecule has 1 aromatic rings. The lowest BCUT2D eigenvalue weighted by atomic mass is 9.95. The first kappa shape index (κ1) is 17.5. The van der Waals surface area contributed by atoms with Crippen LogP contribution in [0.5, 0.6) is 0 Å². The SMILES string of the molecule is CCC(CC)C(O)CNCC(/C(N)=N/O)c1ccccc1. The lowest BCUT2D eigenvalue weighted by molar-refractivity contribution is 0.102. The van der Waals surface area contributed by atoms with Crippen molar-refractivity contribution in [1.82, 2.24) is 5.32 Å². The molecule has 0 radical (unpaired) electrons. The highest BCUT2D eigenvalue weighted by atomic mass is 16.4. The van der Waals surface area contributed by atoms with Crippen molar-refractivity contribution in [2.75, 3.05) is 13.1 Å². The van der Waals surface area contributed by atoms with Crippen LogP contribution in [0.4, 0.5) is 0 Å². The third kappa shape index (κ3) is 5.36. The number of nitrogens with one attached hydrogen (secondary N) is 1. The predicted octanol–water partition coefficient (Wildman–Crippen LogP) is 1.90. The minimum absolute atomic E-state index is 0.172. The van der Waals surface area contributed by atoms with Crippen LogP contribution < -0.4 is 11.1 Å². The second kappa shape index (κ2) is 9.37. The summed E-state index contributed by atoms with van der Waals surface area (Å²) in [4.78, 5) is 0. The van der Waals surface area contributed by atoms with Gasteiger partial charge in [-0.1, -0.05) is 62.2 Å². The van der Waals surface area contributed by atoms with E-state index in [0.29, 0.717) is 19.0 Å². The summed E-state index contributed by atoms with van der Waals surface area (Å²) < 4.78 is 0. The second-order valence-electron chi connectivity index (χ2n) is 5.29. The molecule has 0 aromatic heterocycles. The fourth-order valence-electron chi connectivity index (χ4n) is 2.52. The summed E-state index contributed by atoms with van der Waals surface area (Å²) in [6, 6.07) is 9.67. The number of aliphatic hydroxyl groups excluding tert-OH is 1. The van der Waals surface area contributed by atoms with Crippen molar-refractivity contribution in [2.24, 2.45) is 16.8 Å². The molecule has 2 unspecified atom stereocenters. The molecule has 5 nitrogen and oxygen atoms in total. The monoisotopic (exact) mass is 293 g/mol. The molecule has 0 spiro atoms. The number of nitrogens with zero attached hydrogens (tertiary/aromatic N) is 1. The molecule has 5 N–H and O–H groups in total. The van der Waals surface area contributed by atoms with E-state index in [1.165, 1.54) is 0 Å². The molecule has 1 aromatic carbocycles. The largest absolute Gasteiger partial charge is 0.409 e. The smallest absolute Gasteiger partial charge is 0.147 e. The highest BCUT2D eigenvalue weighted by Gasteiger charge is 2.19. The number of rotatable bonds is 9. The summed E-state index contributed by atoms with van der Waals surface area (Å²) in [7, 11) is 0. The van der Waals surface area contributed by atoms with Gasteiger partial charge < -0.3 is 21.4 Å². The van der Waals surface area contributed by atoms with Gasteiger partial charge >= 0.3 is 0 Å². The molecule has 0 aliphatic rings. The van der Waals surface area contributed by atoms with Gasteiger partial charge in [0.1, 0.15) is 5.84 Å². The topological polar surface area (TPSA) is 90.9 Å². The van der Waals surface area contributed by atoms with Crippen molar-refractivity contribution in [3.63, 3.8) is 0 Å². The number of oxime groups is 1. The van der Waals surface area contributed by atoms with Gasteiger partial charge in [-0.3, -0.25) is 0 Å². The van der Waals surface area contributed by atoms with Crippen molar-refractivity contribution in [1.29, 1.82) is 0 Å². The summed E-state index contributed by atoms with van der Waals surface area (Å²) in [5, 5.41) is 25.4. The summed E-state index contributed by atoms with van der Waals surface area (Å²) >= 11 is 0. The maximum atomic E-state index is 10.1. The Morgan fingerprint density at radius 1 is 1.19 bits per heavy atom. The van der Waals surface area contributed by atoms with E-state index in [0.717, 1.165) is 18.4 Å². The first-order valence-corrected chi connectivity index (χ1v) is 7.55. The van der Waals surface area contributed by atoms with Crippen molar-refractivity contribution in [2.45, 2.75) is 38.7 Å². The van der Waals surface area contributed by atoms with Gasteiger partial charge in [-0.2, -0.15) is 0 Å². The minimum atomic E-state index is -0.372. The molecule has 21 heavy (non-hydrogen) atoms. The van der Waals surface area contributed by atoms with E-state index >= 15 is 0 Å². The van der Waals surface area contributed by atoms with Crippen LogP contribution in [-0.4, -0.2) is 35.3 Å². The fourth-order valence-corrected chi connectivity index (χ4v) is 2.52. The zero-order valence-electron chi connectivity index (χ0n) is 12.9. The predicted molar refractivity (Wildman–Crippen MR) is 85.5 cm³/mol. The Labute approximate surface area is 126 Å². The van der Waals surface area contributed by atoms with Gasteiger partial charge in [0.2, 0.25) is 0 Å². The van der Waals surface area contributed by atoms with Crippen molar-refractivity contribution < 1.29 is 10.3 Å². The van der Waals surface area contributed by atoms with E-state index in [2.05, 4.69) is 24.3 Å². The number of amidine groups is 1. The van der Waals surface area contributed by atoms with Gasteiger partial charge in [0, 0.05) is 13.1 Å². The van der Waals surface area contributed by atoms with Crippen LogP contribution in [0.25, 0.3) is 0 Å². The molecule has 2 atom stereocenters. The van der Waals surface area contributed by atoms with Gasteiger partial charge in [-0.05, 0) is 11.5 Å². The molecule has 5 heteroatoms. The van der Waals surface area contributed by atoms with Gasteiger partial charge in [0.15, 0.2) is 0 Å². The van der Waals surface area contributed by atoms with Gasteiger partial charge in [-0.25, -0.2) is 0 Å². The van der Waals surface area contributed by atoms with E-state index < -0.39 is 0 Å². The zero-order chi connectivity index (χ0) is 15.7. The average molecular weight is 293 g/mol. The summed E-state index contributed by atoms with van der Waals surface area (Å²) in [6.07, 6.45) is 1.55. The maximum Gasteiger partial charge on any atom is 0.147 e. The van der Waals surface area contributed by atoms with Crippen molar-refractivity contribution in [3.05, 3.63) is 35.9 Å². The Hall–Kier alpha value is -1.59. The van der Waals surface area contributed by atoms with Gasteiger partial charge in [0.05, 0.1) is 12.0 Å². The highest BCUT2D eigenvalue weighted by Crippen LogP contribution is 2.16. The van der Waals surface area contributed by atoms with E-state index in [1.807, 2.05) is 30.3 Å². The van der Waals surface area contributed by atoms with Crippen LogP contribution >= 0.6 is 0 Å². The molecule has 0 fully saturated rings. The summed E-state index contributed by atoms with van der Waals surface area (Å²) in [5.74, 6) is 0.271. The fraction of sp³-hybridized carbons (Fsp3) is 0.562. The Morgan fingerprint density at radius 2 is 1.81 bits per heavy atom. The minimum Gasteiger partial charge on any atom is -0.409 e. The van der Waals surface area contributed by atoms with Crippen LogP contribution in [0.3, 0.4) is 0 Å². The molecule has 0 amide bonds. The van der Waals surface area contributed by atoms with Crippen LogP contribution in [0.2, 0.25) is 0 Å². The Bertz CT molecular complexity index is 419. The lowest BCUT2D eigenvalue weighted by Gasteiger charge is -2.22. The molecule has 1 rings (SSSR count). The van der Waals surface area contributed by atoms with E-state index in [9.17, 15) is 5.11 Å². The third-order valence-corrected chi connectivity index (χ3v) is 3.97. The Balaban J connectivity index is 2.60. The molecular weight excluding hydrogens is 266 g/mol. The summed E-state index contributed by atoms with van der Waals surface area (Å²) in [5.41, 5.74) is 6.76.